The predicted octanol–water partition coefficient (Wildman–Crippen LogP) is 4.38. The van der Waals surface area contributed by atoms with Gasteiger partial charge in [-0.25, -0.2) is 0 Å². The van der Waals surface area contributed by atoms with Gasteiger partial charge in [-0.3, -0.25) is 0 Å². The van der Waals surface area contributed by atoms with Gasteiger partial charge in [-0.05, 0) is 29.3 Å². The van der Waals surface area contributed by atoms with Crippen molar-refractivity contribution in [2.75, 3.05) is 0 Å². The second-order valence-electron chi connectivity index (χ2n) is 3.87. The average molecular weight is 312 g/mol. The summed E-state index contributed by atoms with van der Waals surface area (Å²) >= 11 is 9.38. The third-order valence-electron chi connectivity index (χ3n) is 2.60. The first-order valence-corrected chi connectivity index (χ1v) is 6.51. The van der Waals surface area contributed by atoms with Crippen LogP contribution in [0.25, 0.3) is 0 Å². The zero-order valence-electron chi connectivity index (χ0n) is 9.11. The standard InChI is InChI=1S/C14H12BrClO/c15-13-7-2-1-4-10(13)9-14(17)11-5-3-6-12(16)8-11/h1-8,14,17H,9H2. The minimum Gasteiger partial charge on any atom is -0.388 e. The lowest BCUT2D eigenvalue weighted by Gasteiger charge is -2.12. The number of hydrogen-bond donors (Lipinski definition) is 1. The van der Waals surface area contributed by atoms with Gasteiger partial charge < -0.3 is 5.11 Å². The summed E-state index contributed by atoms with van der Waals surface area (Å²) in [6.45, 7) is 0. The summed E-state index contributed by atoms with van der Waals surface area (Å²) in [6, 6.07) is 15.2. The Balaban J connectivity index is 2.17. The van der Waals surface area contributed by atoms with Crippen LogP contribution in [0.5, 0.6) is 0 Å². The van der Waals surface area contributed by atoms with E-state index in [0.29, 0.717) is 11.4 Å². The smallest absolute Gasteiger partial charge is 0.0831 e. The fraction of sp³-hybridized carbons (Fsp3) is 0.143. The van der Waals surface area contributed by atoms with E-state index < -0.39 is 6.10 Å². The molecular weight excluding hydrogens is 300 g/mol. The number of hydrogen-bond acceptors (Lipinski definition) is 1. The molecule has 0 radical (unpaired) electrons. The molecule has 0 saturated carbocycles. The Bertz CT molecular complexity index is 513. The molecule has 0 amide bonds. The van der Waals surface area contributed by atoms with Gasteiger partial charge in [0.25, 0.3) is 0 Å². The first-order chi connectivity index (χ1) is 8.16. The number of halogens is 2. The van der Waals surface area contributed by atoms with Gasteiger partial charge in [0.15, 0.2) is 0 Å². The van der Waals surface area contributed by atoms with Crippen molar-refractivity contribution in [2.24, 2.45) is 0 Å². The molecule has 0 heterocycles. The number of aliphatic hydroxyl groups is 1. The fourth-order valence-corrected chi connectivity index (χ4v) is 2.35. The molecule has 0 fully saturated rings. The van der Waals surface area contributed by atoms with Crippen LogP contribution in [0, 0.1) is 0 Å². The van der Waals surface area contributed by atoms with Crippen LogP contribution < -0.4 is 0 Å². The molecule has 0 aromatic heterocycles. The Labute approximate surface area is 114 Å². The maximum absolute atomic E-state index is 10.1. The predicted molar refractivity (Wildman–Crippen MR) is 74.3 cm³/mol. The molecule has 1 nitrogen and oxygen atoms in total. The zero-order chi connectivity index (χ0) is 12.3. The van der Waals surface area contributed by atoms with E-state index >= 15 is 0 Å². The summed E-state index contributed by atoms with van der Waals surface area (Å²) in [5.41, 5.74) is 1.92. The van der Waals surface area contributed by atoms with E-state index in [2.05, 4.69) is 15.9 Å². The lowest BCUT2D eigenvalue weighted by molar-refractivity contribution is 0.178. The minimum absolute atomic E-state index is 0.535. The average Bonchev–Trinajstić information content (AvgIpc) is 2.32. The SMILES string of the molecule is OC(Cc1ccccc1Br)c1cccc(Cl)c1. The zero-order valence-corrected chi connectivity index (χ0v) is 11.4. The molecule has 3 heteroatoms. The molecule has 2 aromatic carbocycles. The second-order valence-corrected chi connectivity index (χ2v) is 5.16. The second kappa shape index (κ2) is 5.67. The summed E-state index contributed by atoms with van der Waals surface area (Å²) in [4.78, 5) is 0. The monoisotopic (exact) mass is 310 g/mol. The van der Waals surface area contributed by atoms with Crippen molar-refractivity contribution < 1.29 is 5.11 Å². The molecule has 0 saturated heterocycles. The molecule has 1 unspecified atom stereocenters. The molecule has 1 N–H and O–H groups in total. The van der Waals surface area contributed by atoms with E-state index in [1.165, 1.54) is 0 Å². The first-order valence-electron chi connectivity index (χ1n) is 5.34. The summed E-state index contributed by atoms with van der Waals surface area (Å²) in [6.07, 6.45) is 0.0364. The van der Waals surface area contributed by atoms with E-state index in [1.54, 1.807) is 12.1 Å². The maximum Gasteiger partial charge on any atom is 0.0831 e. The lowest BCUT2D eigenvalue weighted by Crippen LogP contribution is -2.02. The molecule has 0 spiro atoms. The van der Waals surface area contributed by atoms with Crippen LogP contribution in [0.1, 0.15) is 17.2 Å². The first kappa shape index (κ1) is 12.6. The van der Waals surface area contributed by atoms with E-state index in [4.69, 9.17) is 11.6 Å². The summed E-state index contributed by atoms with van der Waals surface area (Å²) < 4.78 is 1.01. The molecule has 88 valence electrons. The molecule has 0 aliphatic rings. The van der Waals surface area contributed by atoms with Crippen LogP contribution in [0.4, 0.5) is 0 Å². The Hall–Kier alpha value is -0.830. The Kier molecular flexibility index (Phi) is 4.21. The van der Waals surface area contributed by atoms with Crippen molar-refractivity contribution in [1.29, 1.82) is 0 Å². The van der Waals surface area contributed by atoms with E-state index in [9.17, 15) is 5.11 Å². The van der Waals surface area contributed by atoms with Crippen molar-refractivity contribution in [3.8, 4) is 0 Å². The quantitative estimate of drug-likeness (QED) is 0.892. The van der Waals surface area contributed by atoms with Gasteiger partial charge in [-0.15, -0.1) is 0 Å². The summed E-state index contributed by atoms with van der Waals surface area (Å²) in [5.74, 6) is 0. The van der Waals surface area contributed by atoms with Gasteiger partial charge in [0.2, 0.25) is 0 Å². The highest BCUT2D eigenvalue weighted by Gasteiger charge is 2.10. The van der Waals surface area contributed by atoms with E-state index in [-0.39, 0.29) is 0 Å². The van der Waals surface area contributed by atoms with Crippen LogP contribution in [0.3, 0.4) is 0 Å². The van der Waals surface area contributed by atoms with E-state index in [1.807, 2.05) is 36.4 Å². The van der Waals surface area contributed by atoms with Gasteiger partial charge in [-0.1, -0.05) is 57.9 Å². The fourth-order valence-electron chi connectivity index (χ4n) is 1.70. The maximum atomic E-state index is 10.1. The van der Waals surface area contributed by atoms with Crippen LogP contribution in [0.2, 0.25) is 5.02 Å². The van der Waals surface area contributed by atoms with Crippen molar-refractivity contribution in [3.63, 3.8) is 0 Å². The van der Waals surface area contributed by atoms with Crippen LogP contribution in [-0.4, -0.2) is 5.11 Å². The minimum atomic E-state index is -0.535. The number of aliphatic hydroxyl groups excluding tert-OH is 1. The van der Waals surface area contributed by atoms with Crippen molar-refractivity contribution >= 4 is 27.5 Å². The highest BCUT2D eigenvalue weighted by atomic mass is 79.9. The molecule has 2 rings (SSSR count). The number of benzene rings is 2. The van der Waals surface area contributed by atoms with Crippen molar-refractivity contribution in [1.82, 2.24) is 0 Å². The van der Waals surface area contributed by atoms with Gasteiger partial charge in [0.05, 0.1) is 6.10 Å². The normalized spacial score (nSPS) is 12.4. The largest absolute Gasteiger partial charge is 0.388 e. The van der Waals surface area contributed by atoms with Gasteiger partial charge in [0.1, 0.15) is 0 Å². The van der Waals surface area contributed by atoms with Crippen molar-refractivity contribution in [3.05, 3.63) is 69.2 Å². The Morgan fingerprint density at radius 2 is 1.88 bits per heavy atom. The molecule has 0 bridgehead atoms. The molecule has 17 heavy (non-hydrogen) atoms. The molecular formula is C14H12BrClO. The summed E-state index contributed by atoms with van der Waals surface area (Å²) in [5, 5.41) is 10.8. The lowest BCUT2D eigenvalue weighted by atomic mass is 10.0. The third kappa shape index (κ3) is 3.32. The van der Waals surface area contributed by atoms with Crippen LogP contribution >= 0.6 is 27.5 Å². The van der Waals surface area contributed by atoms with Crippen LogP contribution in [-0.2, 0) is 6.42 Å². The Morgan fingerprint density at radius 1 is 1.12 bits per heavy atom. The van der Waals surface area contributed by atoms with Gasteiger partial charge >= 0.3 is 0 Å². The van der Waals surface area contributed by atoms with Gasteiger partial charge in [0, 0.05) is 15.9 Å². The van der Waals surface area contributed by atoms with Crippen molar-refractivity contribution in [2.45, 2.75) is 12.5 Å². The number of rotatable bonds is 3. The highest BCUT2D eigenvalue weighted by molar-refractivity contribution is 9.10. The Morgan fingerprint density at radius 3 is 2.59 bits per heavy atom. The molecule has 2 aromatic rings. The topological polar surface area (TPSA) is 20.2 Å². The summed E-state index contributed by atoms with van der Waals surface area (Å²) in [7, 11) is 0. The van der Waals surface area contributed by atoms with Crippen LogP contribution in [0.15, 0.2) is 53.0 Å². The third-order valence-corrected chi connectivity index (χ3v) is 3.61. The molecule has 0 aliphatic carbocycles. The highest BCUT2D eigenvalue weighted by Crippen LogP contribution is 2.25. The van der Waals surface area contributed by atoms with E-state index in [0.717, 1.165) is 15.6 Å². The molecule has 0 aliphatic heterocycles. The molecule has 1 atom stereocenters. The van der Waals surface area contributed by atoms with Gasteiger partial charge in [-0.2, -0.15) is 0 Å².